The molecular formula is C12H13N2O5S-. The topological polar surface area (TPSA) is 111 Å². The SMILES string of the molecule is CC(=O)NCCc1c[nH]c2ccc(OS(=O)(=O)[O-])cc12. The fraction of sp³-hybridized carbons (Fsp3) is 0.250. The van der Waals surface area contributed by atoms with Gasteiger partial charge in [0, 0.05) is 30.6 Å². The third kappa shape index (κ3) is 3.72. The lowest BCUT2D eigenvalue weighted by atomic mass is 10.1. The zero-order chi connectivity index (χ0) is 14.8. The lowest BCUT2D eigenvalue weighted by Crippen LogP contribution is -2.22. The van der Waals surface area contributed by atoms with E-state index in [0.717, 1.165) is 16.5 Å². The highest BCUT2D eigenvalue weighted by Gasteiger charge is 2.07. The van der Waals surface area contributed by atoms with Crippen LogP contribution in [0.4, 0.5) is 0 Å². The van der Waals surface area contributed by atoms with Gasteiger partial charge in [-0.2, -0.15) is 0 Å². The summed E-state index contributed by atoms with van der Waals surface area (Å²) in [5.41, 5.74) is 1.68. The van der Waals surface area contributed by atoms with E-state index in [1.165, 1.54) is 19.1 Å². The molecule has 2 rings (SSSR count). The van der Waals surface area contributed by atoms with Gasteiger partial charge in [-0.15, -0.1) is 0 Å². The Morgan fingerprint density at radius 3 is 2.85 bits per heavy atom. The summed E-state index contributed by atoms with van der Waals surface area (Å²) in [7, 11) is -4.79. The Labute approximate surface area is 115 Å². The molecule has 0 saturated heterocycles. The summed E-state index contributed by atoms with van der Waals surface area (Å²) in [6.07, 6.45) is 2.34. The zero-order valence-corrected chi connectivity index (χ0v) is 11.5. The van der Waals surface area contributed by atoms with Crippen LogP contribution < -0.4 is 9.50 Å². The van der Waals surface area contributed by atoms with Crippen molar-refractivity contribution in [1.29, 1.82) is 0 Å². The smallest absolute Gasteiger partial charge is 0.262 e. The summed E-state index contributed by atoms with van der Waals surface area (Å²) in [6, 6.07) is 4.49. The molecular weight excluding hydrogens is 284 g/mol. The Kier molecular flexibility index (Phi) is 3.96. The molecule has 0 radical (unpaired) electrons. The molecule has 0 saturated carbocycles. The van der Waals surface area contributed by atoms with E-state index in [0.29, 0.717) is 13.0 Å². The van der Waals surface area contributed by atoms with Crippen molar-refractivity contribution in [2.75, 3.05) is 6.54 Å². The highest BCUT2D eigenvalue weighted by atomic mass is 32.3. The van der Waals surface area contributed by atoms with Crippen LogP contribution in [0.1, 0.15) is 12.5 Å². The lowest BCUT2D eigenvalue weighted by molar-refractivity contribution is -0.118. The number of rotatable bonds is 5. The first-order valence-electron chi connectivity index (χ1n) is 5.85. The van der Waals surface area contributed by atoms with E-state index in [1.807, 2.05) is 0 Å². The van der Waals surface area contributed by atoms with Crippen molar-refractivity contribution >= 4 is 27.2 Å². The fourth-order valence-electron chi connectivity index (χ4n) is 1.91. The lowest BCUT2D eigenvalue weighted by Gasteiger charge is -2.09. The normalized spacial score (nSPS) is 11.5. The molecule has 1 heterocycles. The van der Waals surface area contributed by atoms with Crippen molar-refractivity contribution in [2.24, 2.45) is 0 Å². The van der Waals surface area contributed by atoms with Crippen molar-refractivity contribution in [2.45, 2.75) is 13.3 Å². The molecule has 2 N–H and O–H groups in total. The predicted octanol–water partition coefficient (Wildman–Crippen LogP) is 0.685. The molecule has 0 aliphatic heterocycles. The second kappa shape index (κ2) is 5.51. The number of fused-ring (bicyclic) bond motifs is 1. The Balaban J connectivity index is 2.23. The Morgan fingerprint density at radius 1 is 1.45 bits per heavy atom. The van der Waals surface area contributed by atoms with Crippen molar-refractivity contribution in [3.63, 3.8) is 0 Å². The maximum Gasteiger partial charge on any atom is 0.262 e. The molecule has 7 nitrogen and oxygen atoms in total. The number of H-pyrrole nitrogens is 1. The van der Waals surface area contributed by atoms with Crippen LogP contribution in [0, 0.1) is 0 Å². The second-order valence-corrected chi connectivity index (χ2v) is 5.23. The van der Waals surface area contributed by atoms with E-state index < -0.39 is 10.4 Å². The number of nitrogens with one attached hydrogen (secondary N) is 2. The van der Waals surface area contributed by atoms with Gasteiger partial charge in [-0.1, -0.05) is 0 Å². The van der Waals surface area contributed by atoms with Gasteiger partial charge in [-0.05, 0) is 30.2 Å². The van der Waals surface area contributed by atoms with Crippen molar-refractivity contribution in [3.8, 4) is 5.75 Å². The van der Waals surface area contributed by atoms with Crippen LogP contribution in [-0.2, 0) is 21.6 Å². The number of aromatic nitrogens is 1. The Bertz CT molecular complexity index is 735. The van der Waals surface area contributed by atoms with Crippen LogP contribution in [0.15, 0.2) is 24.4 Å². The fourth-order valence-corrected chi connectivity index (χ4v) is 2.25. The van der Waals surface area contributed by atoms with Crippen LogP contribution in [0.25, 0.3) is 10.9 Å². The second-order valence-electron chi connectivity index (χ2n) is 4.25. The van der Waals surface area contributed by atoms with E-state index >= 15 is 0 Å². The van der Waals surface area contributed by atoms with E-state index in [9.17, 15) is 17.8 Å². The Morgan fingerprint density at radius 2 is 2.20 bits per heavy atom. The summed E-state index contributed by atoms with van der Waals surface area (Å²) in [5, 5.41) is 3.42. The van der Waals surface area contributed by atoms with Gasteiger partial charge in [-0.3, -0.25) is 4.79 Å². The number of carbonyl (C=O) groups is 1. The van der Waals surface area contributed by atoms with Crippen molar-refractivity contribution in [3.05, 3.63) is 30.0 Å². The average molecular weight is 297 g/mol. The van der Waals surface area contributed by atoms with Gasteiger partial charge in [0.25, 0.3) is 10.4 Å². The molecule has 108 valence electrons. The first kappa shape index (κ1) is 14.4. The van der Waals surface area contributed by atoms with E-state index in [2.05, 4.69) is 14.5 Å². The van der Waals surface area contributed by atoms with E-state index in [-0.39, 0.29) is 11.7 Å². The summed E-state index contributed by atoms with van der Waals surface area (Å²) < 4.78 is 36.0. The van der Waals surface area contributed by atoms with Gasteiger partial charge in [0.2, 0.25) is 5.91 Å². The van der Waals surface area contributed by atoms with Gasteiger partial charge < -0.3 is 19.0 Å². The maximum atomic E-state index is 10.8. The number of hydrogen-bond acceptors (Lipinski definition) is 5. The monoisotopic (exact) mass is 297 g/mol. The minimum absolute atomic E-state index is 0.0344. The van der Waals surface area contributed by atoms with Crippen LogP contribution >= 0.6 is 0 Å². The van der Waals surface area contributed by atoms with Gasteiger partial charge in [0.1, 0.15) is 5.75 Å². The first-order valence-corrected chi connectivity index (χ1v) is 7.18. The number of aromatic amines is 1. The highest BCUT2D eigenvalue weighted by Crippen LogP contribution is 2.24. The maximum absolute atomic E-state index is 10.8. The molecule has 0 spiro atoms. The molecule has 0 unspecified atom stereocenters. The van der Waals surface area contributed by atoms with Gasteiger partial charge in [-0.25, -0.2) is 8.42 Å². The average Bonchev–Trinajstić information content (AvgIpc) is 2.69. The van der Waals surface area contributed by atoms with E-state index in [4.69, 9.17) is 0 Å². The Hall–Kier alpha value is -2.06. The number of amides is 1. The molecule has 0 fully saturated rings. The molecule has 0 atom stereocenters. The standard InChI is InChI=1S/C12H14N2O5S/c1-8(15)13-5-4-9-7-14-12-3-2-10(6-11(9)12)19-20(16,17)18/h2-3,6-7,14H,4-5H2,1H3,(H,13,15)(H,16,17,18)/p-1. The quantitative estimate of drug-likeness (QED) is 0.623. The molecule has 2 aromatic rings. The van der Waals surface area contributed by atoms with Crippen LogP contribution in [-0.4, -0.2) is 30.4 Å². The molecule has 0 bridgehead atoms. The van der Waals surface area contributed by atoms with Gasteiger partial charge in [0.05, 0.1) is 0 Å². The van der Waals surface area contributed by atoms with Gasteiger partial charge >= 0.3 is 0 Å². The molecule has 20 heavy (non-hydrogen) atoms. The predicted molar refractivity (Wildman–Crippen MR) is 71.0 cm³/mol. The number of benzene rings is 1. The minimum atomic E-state index is -4.79. The van der Waals surface area contributed by atoms with Gasteiger partial charge in [0.15, 0.2) is 0 Å². The number of hydrogen-bond donors (Lipinski definition) is 2. The minimum Gasteiger partial charge on any atom is -0.716 e. The summed E-state index contributed by atoms with van der Waals surface area (Å²) in [4.78, 5) is 13.8. The first-order chi connectivity index (χ1) is 9.35. The molecule has 0 aliphatic rings. The zero-order valence-electron chi connectivity index (χ0n) is 10.7. The van der Waals surface area contributed by atoms with Crippen molar-refractivity contribution in [1.82, 2.24) is 10.3 Å². The molecule has 0 aliphatic carbocycles. The largest absolute Gasteiger partial charge is 0.716 e. The molecule has 8 heteroatoms. The van der Waals surface area contributed by atoms with Crippen LogP contribution in [0.5, 0.6) is 5.75 Å². The van der Waals surface area contributed by atoms with Crippen LogP contribution in [0.3, 0.4) is 0 Å². The third-order valence-corrected chi connectivity index (χ3v) is 3.10. The van der Waals surface area contributed by atoms with Crippen LogP contribution in [0.2, 0.25) is 0 Å². The molecule has 1 aromatic carbocycles. The third-order valence-electron chi connectivity index (χ3n) is 2.71. The van der Waals surface area contributed by atoms with Crippen molar-refractivity contribution < 1.29 is 21.9 Å². The number of carbonyl (C=O) groups excluding carboxylic acids is 1. The molecule has 1 aromatic heterocycles. The van der Waals surface area contributed by atoms with E-state index in [1.54, 1.807) is 12.3 Å². The summed E-state index contributed by atoms with van der Waals surface area (Å²) in [5.74, 6) is -0.154. The molecule has 1 amide bonds. The summed E-state index contributed by atoms with van der Waals surface area (Å²) >= 11 is 0. The summed E-state index contributed by atoms with van der Waals surface area (Å²) in [6.45, 7) is 1.90. The highest BCUT2D eigenvalue weighted by molar-refractivity contribution is 7.81.